The first-order valence-electron chi connectivity index (χ1n) is 6.42. The van der Waals surface area contributed by atoms with Gasteiger partial charge in [-0.15, -0.1) is 0 Å². The molecule has 2 aromatic rings. The second-order valence-corrected chi connectivity index (χ2v) is 5.13. The molecule has 0 spiro atoms. The van der Waals surface area contributed by atoms with Gasteiger partial charge < -0.3 is 10.6 Å². The summed E-state index contributed by atoms with van der Waals surface area (Å²) in [5.74, 6) is 0. The molecule has 0 saturated heterocycles. The Kier molecular flexibility index (Phi) is 4.64. The van der Waals surface area contributed by atoms with E-state index in [1.807, 2.05) is 44.2 Å². The Labute approximate surface area is 124 Å². The van der Waals surface area contributed by atoms with Gasteiger partial charge in [-0.3, -0.25) is 0 Å². The Bertz CT molecular complexity index is 626. The van der Waals surface area contributed by atoms with Crippen LogP contribution in [0.2, 0.25) is 5.02 Å². The second kappa shape index (κ2) is 6.44. The lowest BCUT2D eigenvalue weighted by Crippen LogP contribution is -2.28. The number of aryl methyl sites for hydroxylation is 2. The SMILES string of the molecule is Cc1ccccc1CNC(=O)Nc1ccc(Cl)cc1C. The van der Waals surface area contributed by atoms with Crippen LogP contribution in [0.15, 0.2) is 42.5 Å². The number of benzene rings is 2. The van der Waals surface area contributed by atoms with Crippen LogP contribution in [0.3, 0.4) is 0 Å². The summed E-state index contributed by atoms with van der Waals surface area (Å²) in [4.78, 5) is 11.9. The standard InChI is InChI=1S/C16H17ClN2O/c1-11-5-3-4-6-13(11)10-18-16(20)19-15-8-7-14(17)9-12(15)2/h3-9H,10H2,1-2H3,(H2,18,19,20). The number of hydrogen-bond acceptors (Lipinski definition) is 1. The molecule has 2 amide bonds. The third-order valence-corrected chi connectivity index (χ3v) is 3.37. The summed E-state index contributed by atoms with van der Waals surface area (Å²) < 4.78 is 0. The van der Waals surface area contributed by atoms with E-state index in [9.17, 15) is 4.79 Å². The number of halogens is 1. The lowest BCUT2D eigenvalue weighted by atomic mass is 10.1. The first-order valence-corrected chi connectivity index (χ1v) is 6.79. The topological polar surface area (TPSA) is 41.1 Å². The molecule has 0 aliphatic rings. The average molecular weight is 289 g/mol. The van der Waals surface area contributed by atoms with Crippen molar-refractivity contribution >= 4 is 23.3 Å². The Morgan fingerprint density at radius 3 is 2.55 bits per heavy atom. The quantitative estimate of drug-likeness (QED) is 0.869. The Morgan fingerprint density at radius 2 is 1.85 bits per heavy atom. The van der Waals surface area contributed by atoms with E-state index in [1.54, 1.807) is 12.1 Å². The maximum atomic E-state index is 11.9. The number of carbonyl (C=O) groups is 1. The normalized spacial score (nSPS) is 10.2. The number of amides is 2. The highest BCUT2D eigenvalue weighted by Crippen LogP contribution is 2.19. The molecule has 0 atom stereocenters. The molecule has 0 aromatic heterocycles. The Morgan fingerprint density at radius 1 is 1.10 bits per heavy atom. The van der Waals surface area contributed by atoms with Gasteiger partial charge in [-0.1, -0.05) is 35.9 Å². The Hall–Kier alpha value is -2.00. The van der Waals surface area contributed by atoms with Crippen LogP contribution in [-0.4, -0.2) is 6.03 Å². The third kappa shape index (κ3) is 3.75. The third-order valence-electron chi connectivity index (χ3n) is 3.14. The average Bonchev–Trinajstić information content (AvgIpc) is 2.41. The lowest BCUT2D eigenvalue weighted by Gasteiger charge is -2.11. The molecule has 20 heavy (non-hydrogen) atoms. The van der Waals surface area contributed by atoms with Crippen molar-refractivity contribution < 1.29 is 4.79 Å². The first-order chi connectivity index (χ1) is 9.56. The van der Waals surface area contributed by atoms with Crippen LogP contribution in [0.25, 0.3) is 0 Å². The van der Waals surface area contributed by atoms with Crippen molar-refractivity contribution in [2.24, 2.45) is 0 Å². The van der Waals surface area contributed by atoms with E-state index in [-0.39, 0.29) is 6.03 Å². The van der Waals surface area contributed by atoms with Crippen molar-refractivity contribution in [3.8, 4) is 0 Å². The van der Waals surface area contributed by atoms with Crippen molar-refractivity contribution in [1.82, 2.24) is 5.32 Å². The minimum absolute atomic E-state index is 0.223. The van der Waals surface area contributed by atoms with Crippen LogP contribution in [0, 0.1) is 13.8 Å². The summed E-state index contributed by atoms with van der Waals surface area (Å²) in [5.41, 5.74) is 3.96. The van der Waals surface area contributed by atoms with E-state index < -0.39 is 0 Å². The fourth-order valence-electron chi connectivity index (χ4n) is 1.92. The molecule has 0 saturated carbocycles. The molecule has 0 aliphatic carbocycles. The molecule has 0 radical (unpaired) electrons. The van der Waals surface area contributed by atoms with Gasteiger partial charge >= 0.3 is 6.03 Å². The van der Waals surface area contributed by atoms with Crippen LogP contribution in [0.1, 0.15) is 16.7 Å². The molecule has 0 unspecified atom stereocenters. The predicted molar refractivity (Wildman–Crippen MR) is 83.2 cm³/mol. The van der Waals surface area contributed by atoms with Gasteiger partial charge in [0, 0.05) is 17.3 Å². The fourth-order valence-corrected chi connectivity index (χ4v) is 2.14. The molecule has 0 aliphatic heterocycles. The molecule has 2 N–H and O–H groups in total. The van der Waals surface area contributed by atoms with Crippen LogP contribution in [0.4, 0.5) is 10.5 Å². The summed E-state index contributed by atoms with van der Waals surface area (Å²) in [6.45, 7) is 4.44. The monoisotopic (exact) mass is 288 g/mol. The minimum atomic E-state index is -0.223. The zero-order valence-corrected chi connectivity index (χ0v) is 12.3. The maximum Gasteiger partial charge on any atom is 0.319 e. The summed E-state index contributed by atoms with van der Waals surface area (Å²) in [7, 11) is 0. The molecule has 0 heterocycles. The molecule has 104 valence electrons. The van der Waals surface area contributed by atoms with Crippen molar-refractivity contribution in [2.45, 2.75) is 20.4 Å². The summed E-state index contributed by atoms with van der Waals surface area (Å²) in [6, 6.07) is 13.1. The van der Waals surface area contributed by atoms with E-state index in [1.165, 1.54) is 0 Å². The minimum Gasteiger partial charge on any atom is -0.334 e. The molecule has 2 aromatic carbocycles. The molecule has 3 nitrogen and oxygen atoms in total. The van der Waals surface area contributed by atoms with Crippen LogP contribution in [0.5, 0.6) is 0 Å². The van der Waals surface area contributed by atoms with Crippen LogP contribution < -0.4 is 10.6 Å². The highest BCUT2D eigenvalue weighted by atomic mass is 35.5. The Balaban J connectivity index is 1.94. The van der Waals surface area contributed by atoms with E-state index in [4.69, 9.17) is 11.6 Å². The number of anilines is 1. The highest BCUT2D eigenvalue weighted by Gasteiger charge is 2.05. The van der Waals surface area contributed by atoms with Crippen molar-refractivity contribution in [1.29, 1.82) is 0 Å². The summed E-state index contributed by atoms with van der Waals surface area (Å²) in [5, 5.41) is 6.33. The molecule has 4 heteroatoms. The summed E-state index contributed by atoms with van der Waals surface area (Å²) in [6.07, 6.45) is 0. The number of nitrogens with one attached hydrogen (secondary N) is 2. The van der Waals surface area contributed by atoms with E-state index in [0.29, 0.717) is 11.6 Å². The van der Waals surface area contributed by atoms with Gasteiger partial charge in [-0.25, -0.2) is 4.79 Å². The molecule has 0 fully saturated rings. The van der Waals surface area contributed by atoms with Gasteiger partial charge in [0.05, 0.1) is 0 Å². The second-order valence-electron chi connectivity index (χ2n) is 4.69. The molecular formula is C16H17ClN2O. The number of hydrogen-bond donors (Lipinski definition) is 2. The molecule has 2 rings (SSSR count). The lowest BCUT2D eigenvalue weighted by molar-refractivity contribution is 0.251. The van der Waals surface area contributed by atoms with Crippen molar-refractivity contribution in [3.05, 3.63) is 64.2 Å². The van der Waals surface area contributed by atoms with Gasteiger partial charge in [-0.05, 0) is 48.7 Å². The molecule has 0 bridgehead atoms. The van der Waals surface area contributed by atoms with Gasteiger partial charge in [0.2, 0.25) is 0 Å². The molecular weight excluding hydrogens is 272 g/mol. The van der Waals surface area contributed by atoms with Gasteiger partial charge in [0.1, 0.15) is 0 Å². The van der Waals surface area contributed by atoms with E-state index >= 15 is 0 Å². The highest BCUT2D eigenvalue weighted by molar-refractivity contribution is 6.30. The largest absolute Gasteiger partial charge is 0.334 e. The van der Waals surface area contributed by atoms with E-state index in [0.717, 1.165) is 22.4 Å². The van der Waals surface area contributed by atoms with E-state index in [2.05, 4.69) is 10.6 Å². The smallest absolute Gasteiger partial charge is 0.319 e. The first kappa shape index (κ1) is 14.4. The zero-order valence-electron chi connectivity index (χ0n) is 11.5. The predicted octanol–water partition coefficient (Wildman–Crippen LogP) is 4.28. The maximum absolute atomic E-state index is 11.9. The number of carbonyl (C=O) groups excluding carboxylic acids is 1. The van der Waals surface area contributed by atoms with Crippen molar-refractivity contribution in [3.63, 3.8) is 0 Å². The number of urea groups is 1. The zero-order chi connectivity index (χ0) is 14.5. The number of rotatable bonds is 3. The van der Waals surface area contributed by atoms with Crippen LogP contribution in [-0.2, 0) is 6.54 Å². The fraction of sp³-hybridized carbons (Fsp3) is 0.188. The van der Waals surface area contributed by atoms with Gasteiger partial charge in [0.15, 0.2) is 0 Å². The van der Waals surface area contributed by atoms with Gasteiger partial charge in [-0.2, -0.15) is 0 Å². The van der Waals surface area contributed by atoms with Crippen molar-refractivity contribution in [2.75, 3.05) is 5.32 Å². The summed E-state index contributed by atoms with van der Waals surface area (Å²) >= 11 is 5.88. The van der Waals surface area contributed by atoms with Crippen LogP contribution >= 0.6 is 11.6 Å². The van der Waals surface area contributed by atoms with Gasteiger partial charge in [0.25, 0.3) is 0 Å².